The van der Waals surface area contributed by atoms with Crippen LogP contribution in [-0.2, 0) is 35.3 Å². The van der Waals surface area contributed by atoms with Gasteiger partial charge in [0.2, 0.25) is 23.6 Å². The van der Waals surface area contributed by atoms with Crippen LogP contribution in [0.25, 0.3) is 0 Å². The van der Waals surface area contributed by atoms with Gasteiger partial charge in [0, 0.05) is 38.2 Å². The molecule has 7 N–H and O–H groups in total. The molecule has 0 spiro atoms. The summed E-state index contributed by atoms with van der Waals surface area (Å²) in [6.07, 6.45) is 1.38. The van der Waals surface area contributed by atoms with E-state index in [1.165, 1.54) is 7.11 Å². The van der Waals surface area contributed by atoms with Crippen LogP contribution in [0, 0.1) is 11.8 Å². The van der Waals surface area contributed by atoms with E-state index in [9.17, 15) is 33.9 Å². The van der Waals surface area contributed by atoms with Crippen LogP contribution in [0.4, 0.5) is 10.5 Å². The molecule has 43 heavy (non-hydrogen) atoms. The molecule has 2 rings (SSSR count). The molecule has 1 aromatic rings. The SMILES string of the molecule is COC(=O)C1CCN(C(=O)CCC(=O)NC(=O)[C@@H](NC(=O)[C@H](CCCNC(N)=O)Nc2ccc(CO)cc2)C(C)C)CC1. The maximum atomic E-state index is 13.3. The third kappa shape index (κ3) is 11.9. The molecular formula is C29H44N6O8. The molecule has 1 aliphatic rings. The zero-order chi connectivity index (χ0) is 31.9. The van der Waals surface area contributed by atoms with Crippen molar-refractivity contribution in [1.82, 2.24) is 20.9 Å². The molecule has 0 saturated carbocycles. The van der Waals surface area contributed by atoms with E-state index < -0.39 is 35.8 Å². The number of carbonyl (C=O) groups excluding carboxylic acids is 6. The number of likely N-dealkylation sites (tertiary alicyclic amines) is 1. The quantitative estimate of drug-likeness (QED) is 0.121. The standard InChI is InChI=1S/C29H44N6O8/c1-18(2)25(27(40)33-23(37)10-11-24(38)35-15-12-20(13-16-35)28(41)43-3)34-26(39)22(5-4-14-31-29(30)42)32-21-8-6-19(17-36)7-9-21/h6-9,18,20,22,25,32,36H,4-5,10-17H2,1-3H3,(H,34,39)(H3,30,31,42)(H,33,37,40)/t22-,25-/m0/s1. The van der Waals surface area contributed by atoms with Crippen molar-refractivity contribution < 1.29 is 38.6 Å². The Morgan fingerprint density at radius 1 is 1.02 bits per heavy atom. The van der Waals surface area contributed by atoms with Crippen molar-refractivity contribution in [1.29, 1.82) is 0 Å². The van der Waals surface area contributed by atoms with Gasteiger partial charge in [-0.05, 0) is 49.3 Å². The van der Waals surface area contributed by atoms with E-state index in [0.29, 0.717) is 43.6 Å². The van der Waals surface area contributed by atoms with E-state index in [1.54, 1.807) is 43.0 Å². The summed E-state index contributed by atoms with van der Waals surface area (Å²) in [6, 6.07) is 4.32. The Balaban J connectivity index is 1.94. The molecule has 1 fully saturated rings. The van der Waals surface area contributed by atoms with Crippen molar-refractivity contribution in [3.63, 3.8) is 0 Å². The van der Waals surface area contributed by atoms with Gasteiger partial charge < -0.3 is 36.4 Å². The minimum atomic E-state index is -1.03. The summed E-state index contributed by atoms with van der Waals surface area (Å²) in [4.78, 5) is 75.7. The molecule has 0 radical (unpaired) electrons. The number of esters is 1. The smallest absolute Gasteiger partial charge is 0.312 e. The first-order chi connectivity index (χ1) is 20.4. The summed E-state index contributed by atoms with van der Waals surface area (Å²) in [6.45, 7) is 4.35. The highest BCUT2D eigenvalue weighted by atomic mass is 16.5. The van der Waals surface area contributed by atoms with Crippen molar-refractivity contribution in [3.05, 3.63) is 29.8 Å². The van der Waals surface area contributed by atoms with Crippen LogP contribution < -0.4 is 27.0 Å². The number of imide groups is 1. The summed E-state index contributed by atoms with van der Waals surface area (Å²) >= 11 is 0. The van der Waals surface area contributed by atoms with Crippen LogP contribution in [0.1, 0.15) is 57.9 Å². The Bertz CT molecular complexity index is 1120. The normalized spacial score (nSPS) is 14.8. The van der Waals surface area contributed by atoms with Crippen molar-refractivity contribution in [2.45, 2.75) is 71.1 Å². The first-order valence-corrected chi connectivity index (χ1v) is 14.4. The monoisotopic (exact) mass is 604 g/mol. The van der Waals surface area contributed by atoms with Crippen molar-refractivity contribution >= 4 is 41.3 Å². The second-order valence-corrected chi connectivity index (χ2v) is 10.8. The average Bonchev–Trinajstić information content (AvgIpc) is 2.99. The topological polar surface area (TPSA) is 209 Å². The number of anilines is 1. The number of methoxy groups -OCH3 is 1. The predicted octanol–water partition coefficient (Wildman–Crippen LogP) is 0.383. The third-order valence-electron chi connectivity index (χ3n) is 7.22. The fourth-order valence-electron chi connectivity index (χ4n) is 4.67. The number of ether oxygens (including phenoxy) is 1. The molecule has 6 amide bonds. The van der Waals surface area contributed by atoms with Crippen LogP contribution in [0.5, 0.6) is 0 Å². The van der Waals surface area contributed by atoms with Crippen LogP contribution in [0.2, 0.25) is 0 Å². The summed E-state index contributed by atoms with van der Waals surface area (Å²) in [5, 5.41) is 19.9. The lowest BCUT2D eigenvalue weighted by atomic mass is 9.97. The Labute approximate surface area is 251 Å². The number of carbonyl (C=O) groups is 6. The first-order valence-electron chi connectivity index (χ1n) is 14.4. The minimum Gasteiger partial charge on any atom is -0.469 e. The zero-order valence-electron chi connectivity index (χ0n) is 25.0. The molecule has 1 heterocycles. The van der Waals surface area contributed by atoms with Gasteiger partial charge in [0.25, 0.3) is 0 Å². The van der Waals surface area contributed by atoms with Gasteiger partial charge in [-0.3, -0.25) is 29.3 Å². The van der Waals surface area contributed by atoms with Crippen LogP contribution in [-0.4, -0.2) is 84.5 Å². The number of primary amides is 1. The Morgan fingerprint density at radius 3 is 2.23 bits per heavy atom. The molecule has 0 unspecified atom stereocenters. The Hall–Kier alpha value is -4.20. The number of amides is 6. The number of nitrogens with two attached hydrogens (primary N) is 1. The molecule has 14 heteroatoms. The second-order valence-electron chi connectivity index (χ2n) is 10.8. The van der Waals surface area contributed by atoms with Gasteiger partial charge in [0.05, 0.1) is 19.6 Å². The summed E-state index contributed by atoms with van der Waals surface area (Å²) in [5.41, 5.74) is 6.42. The lowest BCUT2D eigenvalue weighted by Gasteiger charge is -2.30. The van der Waals surface area contributed by atoms with Gasteiger partial charge in [-0.2, -0.15) is 0 Å². The number of hydrogen-bond donors (Lipinski definition) is 6. The number of rotatable bonds is 15. The molecule has 2 atom stereocenters. The van der Waals surface area contributed by atoms with E-state index in [0.717, 1.165) is 0 Å². The van der Waals surface area contributed by atoms with Gasteiger partial charge in [0.1, 0.15) is 12.1 Å². The number of piperidine rings is 1. The minimum absolute atomic E-state index is 0.0961. The molecule has 0 aliphatic carbocycles. The highest BCUT2D eigenvalue weighted by Gasteiger charge is 2.30. The van der Waals surface area contributed by atoms with Crippen LogP contribution in [0.3, 0.4) is 0 Å². The number of benzene rings is 1. The average molecular weight is 605 g/mol. The van der Waals surface area contributed by atoms with E-state index >= 15 is 0 Å². The van der Waals surface area contributed by atoms with E-state index in [1.807, 2.05) is 0 Å². The van der Waals surface area contributed by atoms with Gasteiger partial charge in [-0.1, -0.05) is 26.0 Å². The lowest BCUT2D eigenvalue weighted by Crippen LogP contribution is -2.54. The van der Waals surface area contributed by atoms with Crippen LogP contribution >= 0.6 is 0 Å². The van der Waals surface area contributed by atoms with Gasteiger partial charge in [-0.15, -0.1) is 0 Å². The maximum Gasteiger partial charge on any atom is 0.312 e. The highest BCUT2D eigenvalue weighted by Crippen LogP contribution is 2.19. The fourth-order valence-corrected chi connectivity index (χ4v) is 4.67. The summed E-state index contributed by atoms with van der Waals surface area (Å²) in [5.74, 6) is -2.97. The third-order valence-corrected chi connectivity index (χ3v) is 7.22. The largest absolute Gasteiger partial charge is 0.469 e. The van der Waals surface area contributed by atoms with Crippen LogP contribution in [0.15, 0.2) is 24.3 Å². The van der Waals surface area contributed by atoms with Gasteiger partial charge in [0.15, 0.2) is 0 Å². The molecular weight excluding hydrogens is 560 g/mol. The number of urea groups is 1. The number of nitrogens with zero attached hydrogens (tertiary/aromatic N) is 1. The molecule has 0 aromatic heterocycles. The maximum absolute atomic E-state index is 13.3. The van der Waals surface area contributed by atoms with Crippen molar-refractivity contribution in [3.8, 4) is 0 Å². The second kappa shape index (κ2) is 17.7. The summed E-state index contributed by atoms with van der Waals surface area (Å²) in [7, 11) is 1.33. The van der Waals surface area contributed by atoms with Crippen molar-refractivity contribution in [2.75, 3.05) is 32.1 Å². The van der Waals surface area contributed by atoms with E-state index in [2.05, 4.69) is 21.3 Å². The van der Waals surface area contributed by atoms with Gasteiger partial charge >= 0.3 is 12.0 Å². The number of aliphatic hydroxyl groups is 1. The Morgan fingerprint density at radius 2 is 1.67 bits per heavy atom. The predicted molar refractivity (Wildman–Crippen MR) is 157 cm³/mol. The zero-order valence-corrected chi connectivity index (χ0v) is 25.0. The first kappa shape index (κ1) is 35.0. The number of nitrogens with one attached hydrogen (secondary N) is 4. The molecule has 14 nitrogen and oxygen atoms in total. The number of hydrogen-bond acceptors (Lipinski definition) is 9. The fraction of sp³-hybridized carbons (Fsp3) is 0.586. The van der Waals surface area contributed by atoms with Gasteiger partial charge in [-0.25, -0.2) is 4.79 Å². The molecule has 1 aliphatic heterocycles. The number of aliphatic hydroxyl groups excluding tert-OH is 1. The molecule has 0 bridgehead atoms. The van der Waals surface area contributed by atoms with E-state index in [4.69, 9.17) is 10.5 Å². The van der Waals surface area contributed by atoms with Crippen molar-refractivity contribution in [2.24, 2.45) is 17.6 Å². The molecule has 238 valence electrons. The lowest BCUT2D eigenvalue weighted by molar-refractivity contribution is -0.149. The summed E-state index contributed by atoms with van der Waals surface area (Å²) < 4.78 is 4.76. The van der Waals surface area contributed by atoms with E-state index in [-0.39, 0.29) is 56.1 Å². The molecule has 1 saturated heterocycles. The molecule has 1 aromatic carbocycles. The Kier molecular flexibility index (Phi) is 14.4. The highest BCUT2D eigenvalue weighted by molar-refractivity contribution is 6.00.